The Morgan fingerprint density at radius 3 is 2.63 bits per heavy atom. The standard InChI is InChI=1S/C20H26N6O/c1-14(27)25-11-7-17-18(13-25)22-19(15-4-8-21-9-5-15)23-20(17)26-10-6-16(12-26)24(2)3/h4-5,8-9,16H,6-7,10-13H2,1-3H3/t16-/m1/s1. The number of hydrogen-bond donors (Lipinski definition) is 0. The van der Waals surface area contributed by atoms with Gasteiger partial charge in [-0.15, -0.1) is 0 Å². The molecule has 1 fully saturated rings. The molecule has 0 radical (unpaired) electrons. The van der Waals surface area contributed by atoms with Crippen molar-refractivity contribution in [2.24, 2.45) is 0 Å². The van der Waals surface area contributed by atoms with Crippen LogP contribution in [0.15, 0.2) is 24.5 Å². The molecule has 7 heteroatoms. The number of aromatic nitrogens is 3. The van der Waals surface area contributed by atoms with Gasteiger partial charge in [-0.3, -0.25) is 9.78 Å². The molecule has 2 aromatic rings. The van der Waals surface area contributed by atoms with Gasteiger partial charge in [-0.2, -0.15) is 0 Å². The van der Waals surface area contributed by atoms with Crippen molar-refractivity contribution in [3.8, 4) is 11.4 Å². The van der Waals surface area contributed by atoms with Crippen molar-refractivity contribution in [1.82, 2.24) is 24.8 Å². The van der Waals surface area contributed by atoms with E-state index in [1.165, 1.54) is 5.56 Å². The average molecular weight is 366 g/mol. The molecule has 4 rings (SSSR count). The van der Waals surface area contributed by atoms with E-state index in [9.17, 15) is 4.79 Å². The molecule has 1 amide bonds. The SMILES string of the molecule is CC(=O)N1CCc2c(nc(-c3ccncc3)nc2N2CC[C@@H](N(C)C)C2)C1. The Morgan fingerprint density at radius 1 is 1.19 bits per heavy atom. The number of fused-ring (bicyclic) bond motifs is 1. The van der Waals surface area contributed by atoms with E-state index in [4.69, 9.17) is 9.97 Å². The molecule has 0 spiro atoms. The zero-order chi connectivity index (χ0) is 19.0. The van der Waals surface area contributed by atoms with Crippen LogP contribution in [0.5, 0.6) is 0 Å². The highest BCUT2D eigenvalue weighted by Crippen LogP contribution is 2.31. The number of anilines is 1. The maximum atomic E-state index is 11.9. The van der Waals surface area contributed by atoms with Gasteiger partial charge in [-0.1, -0.05) is 0 Å². The fourth-order valence-electron chi connectivity index (χ4n) is 3.93. The average Bonchev–Trinajstić information content (AvgIpc) is 3.17. The van der Waals surface area contributed by atoms with Gasteiger partial charge in [0.25, 0.3) is 0 Å². The summed E-state index contributed by atoms with van der Waals surface area (Å²) in [6.07, 6.45) is 5.47. The summed E-state index contributed by atoms with van der Waals surface area (Å²) in [6.45, 7) is 4.89. The predicted molar refractivity (Wildman–Crippen MR) is 104 cm³/mol. The van der Waals surface area contributed by atoms with Gasteiger partial charge in [0.05, 0.1) is 12.2 Å². The number of pyridine rings is 1. The van der Waals surface area contributed by atoms with Gasteiger partial charge in [0.1, 0.15) is 5.82 Å². The fourth-order valence-corrected chi connectivity index (χ4v) is 3.93. The number of nitrogens with zero attached hydrogens (tertiary/aromatic N) is 6. The first-order valence-corrected chi connectivity index (χ1v) is 9.50. The second kappa shape index (κ2) is 7.23. The number of amides is 1. The van der Waals surface area contributed by atoms with Crippen molar-refractivity contribution in [3.63, 3.8) is 0 Å². The molecule has 4 heterocycles. The monoisotopic (exact) mass is 366 g/mol. The first-order chi connectivity index (χ1) is 13.0. The molecule has 0 aliphatic carbocycles. The molecular formula is C20H26N6O. The Bertz CT molecular complexity index is 838. The van der Waals surface area contributed by atoms with Crippen molar-refractivity contribution in [1.29, 1.82) is 0 Å². The van der Waals surface area contributed by atoms with Gasteiger partial charge >= 0.3 is 0 Å². The minimum absolute atomic E-state index is 0.0973. The molecule has 0 bridgehead atoms. The number of carbonyl (C=O) groups is 1. The largest absolute Gasteiger partial charge is 0.355 e. The minimum atomic E-state index is 0.0973. The lowest BCUT2D eigenvalue weighted by atomic mass is 10.0. The van der Waals surface area contributed by atoms with Crippen LogP contribution in [0.3, 0.4) is 0 Å². The summed E-state index contributed by atoms with van der Waals surface area (Å²) in [5.74, 6) is 1.85. The zero-order valence-corrected chi connectivity index (χ0v) is 16.2. The first-order valence-electron chi connectivity index (χ1n) is 9.50. The second-order valence-electron chi connectivity index (χ2n) is 7.57. The normalized spacial score (nSPS) is 19.5. The molecule has 0 saturated carbocycles. The number of rotatable bonds is 3. The Kier molecular flexibility index (Phi) is 4.78. The van der Waals surface area contributed by atoms with Gasteiger partial charge in [0, 0.05) is 56.1 Å². The zero-order valence-electron chi connectivity index (χ0n) is 16.2. The summed E-state index contributed by atoms with van der Waals surface area (Å²) in [5.41, 5.74) is 3.13. The molecule has 2 aliphatic rings. The summed E-state index contributed by atoms with van der Waals surface area (Å²) >= 11 is 0. The van der Waals surface area contributed by atoms with Crippen LogP contribution in [-0.2, 0) is 17.8 Å². The Morgan fingerprint density at radius 2 is 1.96 bits per heavy atom. The molecule has 0 N–H and O–H groups in total. The predicted octanol–water partition coefficient (Wildman–Crippen LogP) is 1.58. The first kappa shape index (κ1) is 17.9. The molecule has 1 atom stereocenters. The van der Waals surface area contributed by atoms with Crippen LogP contribution in [0.4, 0.5) is 5.82 Å². The fraction of sp³-hybridized carbons (Fsp3) is 0.500. The molecule has 2 aromatic heterocycles. The van der Waals surface area contributed by atoms with Crippen LogP contribution in [0, 0.1) is 0 Å². The second-order valence-corrected chi connectivity index (χ2v) is 7.57. The summed E-state index contributed by atoms with van der Waals surface area (Å²) in [5, 5.41) is 0. The Hall–Kier alpha value is -2.54. The lowest BCUT2D eigenvalue weighted by Gasteiger charge is -2.31. The summed E-state index contributed by atoms with van der Waals surface area (Å²) in [6, 6.07) is 4.41. The molecule has 1 saturated heterocycles. The molecule has 7 nitrogen and oxygen atoms in total. The summed E-state index contributed by atoms with van der Waals surface area (Å²) in [7, 11) is 4.27. The van der Waals surface area contributed by atoms with Gasteiger partial charge < -0.3 is 14.7 Å². The van der Waals surface area contributed by atoms with Crippen molar-refractivity contribution < 1.29 is 4.79 Å². The highest BCUT2D eigenvalue weighted by Gasteiger charge is 2.30. The van der Waals surface area contributed by atoms with Gasteiger partial charge in [0.15, 0.2) is 5.82 Å². The van der Waals surface area contributed by atoms with Crippen molar-refractivity contribution >= 4 is 11.7 Å². The minimum Gasteiger partial charge on any atom is -0.355 e. The molecule has 2 aliphatic heterocycles. The number of hydrogen-bond acceptors (Lipinski definition) is 6. The van der Waals surface area contributed by atoms with E-state index < -0.39 is 0 Å². The van der Waals surface area contributed by atoms with Crippen LogP contribution in [-0.4, -0.2) is 70.4 Å². The maximum Gasteiger partial charge on any atom is 0.219 e. The van der Waals surface area contributed by atoms with Crippen LogP contribution in [0.2, 0.25) is 0 Å². The van der Waals surface area contributed by atoms with E-state index in [-0.39, 0.29) is 5.91 Å². The van der Waals surface area contributed by atoms with E-state index in [1.54, 1.807) is 19.3 Å². The lowest BCUT2D eigenvalue weighted by molar-refractivity contribution is -0.129. The van der Waals surface area contributed by atoms with E-state index >= 15 is 0 Å². The third kappa shape index (κ3) is 3.51. The summed E-state index contributed by atoms with van der Waals surface area (Å²) < 4.78 is 0. The van der Waals surface area contributed by atoms with E-state index in [0.717, 1.165) is 49.6 Å². The van der Waals surface area contributed by atoms with E-state index in [0.29, 0.717) is 18.4 Å². The van der Waals surface area contributed by atoms with Gasteiger partial charge in [0.2, 0.25) is 5.91 Å². The molecular weight excluding hydrogens is 340 g/mol. The van der Waals surface area contributed by atoms with Crippen LogP contribution < -0.4 is 4.90 Å². The third-order valence-corrected chi connectivity index (χ3v) is 5.62. The molecule has 142 valence electrons. The number of likely N-dealkylation sites (N-methyl/N-ethyl adjacent to an activating group) is 1. The van der Waals surface area contributed by atoms with Gasteiger partial charge in [-0.05, 0) is 39.1 Å². The maximum absolute atomic E-state index is 11.9. The van der Waals surface area contributed by atoms with Crippen molar-refractivity contribution in [2.75, 3.05) is 38.6 Å². The summed E-state index contributed by atoms with van der Waals surface area (Å²) in [4.78, 5) is 32.3. The molecule has 0 aromatic carbocycles. The topological polar surface area (TPSA) is 65.5 Å². The van der Waals surface area contributed by atoms with Gasteiger partial charge in [-0.25, -0.2) is 9.97 Å². The van der Waals surface area contributed by atoms with E-state index in [1.807, 2.05) is 17.0 Å². The van der Waals surface area contributed by atoms with Crippen molar-refractivity contribution in [3.05, 3.63) is 35.8 Å². The van der Waals surface area contributed by atoms with E-state index in [2.05, 4.69) is 28.9 Å². The van der Waals surface area contributed by atoms with Crippen LogP contribution in [0.25, 0.3) is 11.4 Å². The van der Waals surface area contributed by atoms with Crippen LogP contribution in [0.1, 0.15) is 24.6 Å². The third-order valence-electron chi connectivity index (χ3n) is 5.62. The highest BCUT2D eigenvalue weighted by atomic mass is 16.2. The quantitative estimate of drug-likeness (QED) is 0.822. The Labute approximate surface area is 160 Å². The molecule has 27 heavy (non-hydrogen) atoms. The number of carbonyl (C=O) groups excluding carboxylic acids is 1. The highest BCUT2D eigenvalue weighted by molar-refractivity contribution is 5.74. The lowest BCUT2D eigenvalue weighted by Crippen LogP contribution is -2.37. The molecule has 0 unspecified atom stereocenters. The van der Waals surface area contributed by atoms with Crippen LogP contribution >= 0.6 is 0 Å². The Balaban J connectivity index is 1.75. The van der Waals surface area contributed by atoms with Crippen molar-refractivity contribution in [2.45, 2.75) is 32.4 Å². The smallest absolute Gasteiger partial charge is 0.219 e.